The Morgan fingerprint density at radius 1 is 1.24 bits per heavy atom. The number of aliphatic hydroxyl groups is 1. The van der Waals surface area contributed by atoms with Gasteiger partial charge < -0.3 is 5.11 Å². The summed E-state index contributed by atoms with van der Waals surface area (Å²) in [6, 6.07) is 10.5. The fourth-order valence-corrected chi connectivity index (χ4v) is 2.42. The van der Waals surface area contributed by atoms with E-state index in [9.17, 15) is 5.11 Å². The van der Waals surface area contributed by atoms with Crippen LogP contribution in [0.2, 0.25) is 0 Å². The van der Waals surface area contributed by atoms with Gasteiger partial charge in [-0.15, -0.1) is 0 Å². The third-order valence-electron chi connectivity index (χ3n) is 3.45. The standard InChI is InChI=1S/C15H21NO/c1-2-8-15(17)9-11-16(12-10-15)13-14-6-4-3-5-7-14/h2-8,17H,9-13H2,1H3/b8-2+. The van der Waals surface area contributed by atoms with Gasteiger partial charge in [0.25, 0.3) is 0 Å². The van der Waals surface area contributed by atoms with E-state index in [0.717, 1.165) is 32.5 Å². The molecule has 0 bridgehead atoms. The normalized spacial score (nSPS) is 20.8. The molecule has 92 valence electrons. The van der Waals surface area contributed by atoms with Gasteiger partial charge >= 0.3 is 0 Å². The lowest BCUT2D eigenvalue weighted by atomic mass is 9.91. The number of nitrogens with zero attached hydrogens (tertiary/aromatic N) is 1. The molecule has 0 saturated carbocycles. The topological polar surface area (TPSA) is 23.5 Å². The molecule has 1 aromatic rings. The number of benzene rings is 1. The molecule has 2 nitrogen and oxygen atoms in total. The summed E-state index contributed by atoms with van der Waals surface area (Å²) >= 11 is 0. The summed E-state index contributed by atoms with van der Waals surface area (Å²) in [6.07, 6.45) is 5.56. The molecule has 0 radical (unpaired) electrons. The van der Waals surface area contributed by atoms with Crippen molar-refractivity contribution >= 4 is 0 Å². The van der Waals surface area contributed by atoms with Crippen LogP contribution in [-0.4, -0.2) is 28.7 Å². The smallest absolute Gasteiger partial charge is 0.0852 e. The van der Waals surface area contributed by atoms with Crippen LogP contribution < -0.4 is 0 Å². The van der Waals surface area contributed by atoms with E-state index in [1.807, 2.05) is 25.1 Å². The predicted octanol–water partition coefficient (Wildman–Crippen LogP) is 2.59. The van der Waals surface area contributed by atoms with Crippen molar-refractivity contribution in [1.82, 2.24) is 4.90 Å². The van der Waals surface area contributed by atoms with Gasteiger partial charge in [0.2, 0.25) is 0 Å². The average molecular weight is 231 g/mol. The highest BCUT2D eigenvalue weighted by Gasteiger charge is 2.29. The van der Waals surface area contributed by atoms with Crippen LogP contribution in [0.4, 0.5) is 0 Å². The maximum absolute atomic E-state index is 10.2. The van der Waals surface area contributed by atoms with Gasteiger partial charge in [0, 0.05) is 19.6 Å². The number of allylic oxidation sites excluding steroid dienone is 1. The van der Waals surface area contributed by atoms with E-state index in [-0.39, 0.29) is 0 Å². The van der Waals surface area contributed by atoms with Gasteiger partial charge in [-0.3, -0.25) is 4.90 Å². The molecule has 2 heteroatoms. The largest absolute Gasteiger partial charge is 0.386 e. The summed E-state index contributed by atoms with van der Waals surface area (Å²) < 4.78 is 0. The summed E-state index contributed by atoms with van der Waals surface area (Å²) in [4.78, 5) is 2.41. The Hall–Kier alpha value is -1.12. The second kappa shape index (κ2) is 5.48. The molecule has 0 atom stereocenters. The average Bonchev–Trinajstić information content (AvgIpc) is 2.34. The Bertz CT molecular complexity index is 364. The third-order valence-corrected chi connectivity index (χ3v) is 3.45. The highest BCUT2D eigenvalue weighted by molar-refractivity contribution is 5.14. The molecular formula is C15H21NO. The zero-order valence-corrected chi connectivity index (χ0v) is 10.5. The minimum absolute atomic E-state index is 0.568. The molecule has 0 aliphatic carbocycles. The van der Waals surface area contributed by atoms with Gasteiger partial charge in [0.15, 0.2) is 0 Å². The van der Waals surface area contributed by atoms with Gasteiger partial charge in [0.1, 0.15) is 0 Å². The lowest BCUT2D eigenvalue weighted by Gasteiger charge is -2.36. The third kappa shape index (κ3) is 3.42. The van der Waals surface area contributed by atoms with Crippen LogP contribution in [0.25, 0.3) is 0 Å². The van der Waals surface area contributed by atoms with Crippen LogP contribution >= 0.6 is 0 Å². The molecule has 0 spiro atoms. The zero-order chi connectivity index (χ0) is 12.1. The quantitative estimate of drug-likeness (QED) is 0.808. The highest BCUT2D eigenvalue weighted by atomic mass is 16.3. The zero-order valence-electron chi connectivity index (χ0n) is 10.5. The lowest BCUT2D eigenvalue weighted by Crippen LogP contribution is -2.42. The van der Waals surface area contributed by atoms with Gasteiger partial charge in [-0.1, -0.05) is 42.5 Å². The number of piperidine rings is 1. The minimum Gasteiger partial charge on any atom is -0.386 e. The van der Waals surface area contributed by atoms with Crippen molar-refractivity contribution in [3.63, 3.8) is 0 Å². The fourth-order valence-electron chi connectivity index (χ4n) is 2.42. The number of hydrogen-bond acceptors (Lipinski definition) is 2. The first-order valence-corrected chi connectivity index (χ1v) is 6.34. The summed E-state index contributed by atoms with van der Waals surface area (Å²) in [6.45, 7) is 4.90. The molecule has 1 aliphatic rings. The highest BCUT2D eigenvalue weighted by Crippen LogP contribution is 2.24. The number of likely N-dealkylation sites (tertiary alicyclic amines) is 1. The molecule has 0 unspecified atom stereocenters. The molecular weight excluding hydrogens is 210 g/mol. The monoisotopic (exact) mass is 231 g/mol. The Morgan fingerprint density at radius 3 is 2.47 bits per heavy atom. The van der Waals surface area contributed by atoms with E-state index in [0.29, 0.717) is 0 Å². The summed E-state index contributed by atoms with van der Waals surface area (Å²) in [7, 11) is 0. The first-order valence-electron chi connectivity index (χ1n) is 6.34. The molecule has 1 aromatic carbocycles. The molecule has 1 aliphatic heterocycles. The van der Waals surface area contributed by atoms with Gasteiger partial charge in [-0.2, -0.15) is 0 Å². The van der Waals surface area contributed by atoms with Crippen molar-refractivity contribution in [3.8, 4) is 0 Å². The van der Waals surface area contributed by atoms with Crippen molar-refractivity contribution in [3.05, 3.63) is 48.0 Å². The number of hydrogen-bond donors (Lipinski definition) is 1. The fraction of sp³-hybridized carbons (Fsp3) is 0.467. The van der Waals surface area contributed by atoms with E-state index in [1.54, 1.807) is 0 Å². The Kier molecular flexibility index (Phi) is 3.97. The SMILES string of the molecule is C/C=C/C1(O)CCN(Cc2ccccc2)CC1. The molecule has 0 amide bonds. The van der Waals surface area contributed by atoms with Crippen LogP contribution in [0.5, 0.6) is 0 Å². The second-order valence-corrected chi connectivity index (χ2v) is 4.87. The van der Waals surface area contributed by atoms with Gasteiger partial charge in [-0.25, -0.2) is 0 Å². The molecule has 1 fully saturated rings. The van der Waals surface area contributed by atoms with Crippen LogP contribution in [0, 0.1) is 0 Å². The van der Waals surface area contributed by atoms with E-state index in [1.165, 1.54) is 5.56 Å². The van der Waals surface area contributed by atoms with Crippen molar-refractivity contribution in [2.24, 2.45) is 0 Å². The van der Waals surface area contributed by atoms with Crippen LogP contribution in [-0.2, 0) is 6.54 Å². The van der Waals surface area contributed by atoms with Crippen molar-refractivity contribution < 1.29 is 5.11 Å². The Labute approximate surface area is 104 Å². The van der Waals surface area contributed by atoms with E-state index >= 15 is 0 Å². The maximum atomic E-state index is 10.2. The van der Waals surface area contributed by atoms with Crippen molar-refractivity contribution in [1.29, 1.82) is 0 Å². The summed E-state index contributed by atoms with van der Waals surface area (Å²) in [5.74, 6) is 0. The van der Waals surface area contributed by atoms with Gasteiger partial charge in [0.05, 0.1) is 5.60 Å². The molecule has 2 rings (SSSR count). The first kappa shape index (κ1) is 12.3. The summed E-state index contributed by atoms with van der Waals surface area (Å²) in [5, 5.41) is 10.2. The van der Waals surface area contributed by atoms with Crippen LogP contribution in [0.15, 0.2) is 42.5 Å². The molecule has 1 N–H and O–H groups in total. The van der Waals surface area contributed by atoms with Crippen LogP contribution in [0.3, 0.4) is 0 Å². The minimum atomic E-state index is -0.568. The van der Waals surface area contributed by atoms with E-state index in [2.05, 4.69) is 29.2 Å². The first-order chi connectivity index (χ1) is 8.22. The predicted molar refractivity (Wildman–Crippen MR) is 70.7 cm³/mol. The van der Waals surface area contributed by atoms with E-state index < -0.39 is 5.60 Å². The second-order valence-electron chi connectivity index (χ2n) is 4.87. The molecule has 17 heavy (non-hydrogen) atoms. The summed E-state index contributed by atoms with van der Waals surface area (Å²) in [5.41, 5.74) is 0.783. The lowest BCUT2D eigenvalue weighted by molar-refractivity contribution is 0.0167. The van der Waals surface area contributed by atoms with E-state index in [4.69, 9.17) is 0 Å². The molecule has 1 heterocycles. The van der Waals surface area contributed by atoms with Crippen LogP contribution in [0.1, 0.15) is 25.3 Å². The number of rotatable bonds is 3. The Morgan fingerprint density at radius 2 is 1.88 bits per heavy atom. The van der Waals surface area contributed by atoms with Gasteiger partial charge in [-0.05, 0) is 25.3 Å². The Balaban J connectivity index is 1.88. The molecule has 0 aromatic heterocycles. The molecule has 1 saturated heterocycles. The maximum Gasteiger partial charge on any atom is 0.0852 e. The van der Waals surface area contributed by atoms with Crippen molar-refractivity contribution in [2.75, 3.05) is 13.1 Å². The van der Waals surface area contributed by atoms with Crippen molar-refractivity contribution in [2.45, 2.75) is 31.9 Å².